The Hall–Kier alpha value is -0.0551. The van der Waals surface area contributed by atoms with Crippen molar-refractivity contribution < 1.29 is 14.2 Å². The molecular weight excluding hydrogens is 227 g/mol. The average Bonchev–Trinajstić information content (AvgIpc) is 2.39. The summed E-state index contributed by atoms with van der Waals surface area (Å²) in [6.45, 7) is 14.9. The van der Waals surface area contributed by atoms with Crippen molar-refractivity contribution in [2.75, 3.05) is 6.61 Å². The van der Waals surface area contributed by atoms with E-state index in [2.05, 4.69) is 6.92 Å². The van der Waals surface area contributed by atoms with Gasteiger partial charge in [-0.25, -0.2) is 0 Å². The van der Waals surface area contributed by atoms with Gasteiger partial charge in [-0.2, -0.15) is 0 Å². The van der Waals surface area contributed by atoms with E-state index < -0.39 is 0 Å². The third-order valence-electron chi connectivity index (χ3n) is 2.93. The highest BCUT2D eigenvalue weighted by Gasteiger charge is 2.42. The second-order valence-electron chi connectivity index (χ2n) is 7.12. The number of hydrogen-bond acceptors (Lipinski definition) is 3. The van der Waals surface area contributed by atoms with Gasteiger partial charge in [-0.15, -0.1) is 0 Å². The molecule has 1 saturated heterocycles. The van der Waals surface area contributed by atoms with Crippen molar-refractivity contribution in [1.29, 1.82) is 0 Å². The summed E-state index contributed by atoms with van der Waals surface area (Å²) in [6, 6.07) is -0.368. The number of rotatable bonds is 3. The molecule has 1 fully saturated rings. The molecule has 0 aromatic rings. The molecule has 1 aliphatic rings. The second-order valence-corrected chi connectivity index (χ2v) is 7.12. The van der Waals surface area contributed by atoms with E-state index in [9.17, 15) is 0 Å². The molecule has 1 heterocycles. The lowest BCUT2D eigenvalue weighted by molar-refractivity contribution is -0.0805. The Bertz CT molecular complexity index is 267. The lowest BCUT2D eigenvalue weighted by Crippen LogP contribution is -2.37. The molecule has 0 unspecified atom stereocenters. The fraction of sp³-hybridized carbons (Fsp3) is 1.00. The van der Waals surface area contributed by atoms with Crippen LogP contribution in [-0.4, -0.2) is 43.9 Å². The monoisotopic (exact) mass is 254 g/mol. The maximum Gasteiger partial charge on any atom is 0.112 e. The number of ether oxygens (including phenoxy) is 3. The fourth-order valence-corrected chi connectivity index (χ4v) is 2.02. The Kier molecular flexibility index (Phi) is 4.90. The van der Waals surface area contributed by atoms with Gasteiger partial charge in [0.25, 0.3) is 0 Å². The van der Waals surface area contributed by atoms with Crippen LogP contribution in [0.25, 0.3) is 0 Å². The van der Waals surface area contributed by atoms with Crippen molar-refractivity contribution in [3.63, 3.8) is 0 Å². The molecule has 0 aliphatic carbocycles. The Labute approximate surface area is 113 Å². The van der Waals surface area contributed by atoms with Gasteiger partial charge in [0, 0.05) is 11.9 Å². The zero-order valence-electron chi connectivity index (χ0n) is 12.8. The number of hydrogen-bond donors (Lipinski definition) is 0. The minimum atomic E-state index is -0.368. The van der Waals surface area contributed by atoms with E-state index in [0.717, 1.165) is 0 Å². The molecule has 0 saturated carbocycles. The van der Waals surface area contributed by atoms with Gasteiger partial charge in [0.15, 0.2) is 0 Å². The molecule has 1 rings (SSSR count). The highest BCUT2D eigenvalue weighted by atomic mass is 16.6. The highest BCUT2D eigenvalue weighted by molar-refractivity contribution is 6.11. The molecule has 0 spiro atoms. The highest BCUT2D eigenvalue weighted by Crippen LogP contribution is 2.31. The summed E-state index contributed by atoms with van der Waals surface area (Å²) in [5.41, 5.74) is -0.365. The van der Waals surface area contributed by atoms with Gasteiger partial charge in [0.1, 0.15) is 7.85 Å². The molecule has 4 atom stereocenters. The van der Waals surface area contributed by atoms with Crippen LogP contribution in [0.4, 0.5) is 0 Å². The standard InChI is InChI=1S/C14H27BO3/c1-9-10(8-16-13(2,3)4)17-12(15)11(9)18-14(5,6)7/h9-12H,8H2,1-7H3/t9-,10+,11+,12+/m0/s1. The smallest absolute Gasteiger partial charge is 0.112 e. The van der Waals surface area contributed by atoms with Gasteiger partial charge >= 0.3 is 0 Å². The molecule has 0 amide bonds. The van der Waals surface area contributed by atoms with Crippen LogP contribution in [0.3, 0.4) is 0 Å². The lowest BCUT2D eigenvalue weighted by atomic mass is 9.88. The van der Waals surface area contributed by atoms with Crippen molar-refractivity contribution in [3.8, 4) is 0 Å². The normalized spacial score (nSPS) is 33.9. The molecule has 18 heavy (non-hydrogen) atoms. The minimum Gasteiger partial charge on any atom is -0.379 e. The van der Waals surface area contributed by atoms with Gasteiger partial charge in [-0.05, 0) is 41.5 Å². The maximum atomic E-state index is 6.00. The zero-order valence-corrected chi connectivity index (χ0v) is 12.8. The lowest BCUT2D eigenvalue weighted by Gasteiger charge is -2.29. The summed E-state index contributed by atoms with van der Waals surface area (Å²) in [4.78, 5) is 0. The summed E-state index contributed by atoms with van der Waals surface area (Å²) in [6.07, 6.45) is -0.0647. The molecular formula is C14H27BO3. The predicted molar refractivity (Wildman–Crippen MR) is 73.9 cm³/mol. The molecule has 2 radical (unpaired) electrons. The van der Waals surface area contributed by atoms with Gasteiger partial charge in [0.2, 0.25) is 0 Å². The average molecular weight is 254 g/mol. The van der Waals surface area contributed by atoms with Crippen molar-refractivity contribution in [1.82, 2.24) is 0 Å². The first kappa shape index (κ1) is 16.0. The third-order valence-corrected chi connectivity index (χ3v) is 2.93. The van der Waals surface area contributed by atoms with E-state index in [-0.39, 0.29) is 35.3 Å². The minimum absolute atomic E-state index is 0.00609. The molecule has 0 N–H and O–H groups in total. The van der Waals surface area contributed by atoms with Crippen molar-refractivity contribution in [2.45, 2.75) is 77.9 Å². The first-order chi connectivity index (χ1) is 7.99. The topological polar surface area (TPSA) is 27.7 Å². The summed E-state index contributed by atoms with van der Waals surface area (Å²) in [7, 11) is 6.00. The molecule has 4 heteroatoms. The largest absolute Gasteiger partial charge is 0.379 e. The van der Waals surface area contributed by atoms with Gasteiger partial charge in [0.05, 0.1) is 30.0 Å². The third kappa shape index (κ3) is 4.91. The van der Waals surface area contributed by atoms with Crippen LogP contribution in [-0.2, 0) is 14.2 Å². The van der Waals surface area contributed by atoms with Crippen LogP contribution in [0.1, 0.15) is 48.5 Å². The van der Waals surface area contributed by atoms with Crippen LogP contribution in [0.5, 0.6) is 0 Å². The van der Waals surface area contributed by atoms with Crippen molar-refractivity contribution in [3.05, 3.63) is 0 Å². The Morgan fingerprint density at radius 1 is 1.06 bits per heavy atom. The van der Waals surface area contributed by atoms with E-state index in [1.165, 1.54) is 0 Å². The van der Waals surface area contributed by atoms with E-state index in [4.69, 9.17) is 22.1 Å². The fourth-order valence-electron chi connectivity index (χ4n) is 2.02. The summed E-state index contributed by atoms with van der Waals surface area (Å²) in [5.74, 6) is 0.238. The molecule has 0 aromatic heterocycles. The SMILES string of the molecule is [B][C@@H]1O[C@H](COC(C)(C)C)[C@H](C)[C@H]1OC(C)(C)C. The van der Waals surface area contributed by atoms with E-state index in [0.29, 0.717) is 6.61 Å². The van der Waals surface area contributed by atoms with Crippen LogP contribution in [0.2, 0.25) is 0 Å². The molecule has 0 bridgehead atoms. The van der Waals surface area contributed by atoms with E-state index in [1.54, 1.807) is 0 Å². The Balaban J connectivity index is 2.55. The summed E-state index contributed by atoms with van der Waals surface area (Å²) >= 11 is 0. The first-order valence-electron chi connectivity index (χ1n) is 6.72. The summed E-state index contributed by atoms with van der Waals surface area (Å²) < 4.78 is 17.5. The van der Waals surface area contributed by atoms with Crippen molar-refractivity contribution in [2.24, 2.45) is 5.92 Å². The van der Waals surface area contributed by atoms with Crippen LogP contribution in [0.15, 0.2) is 0 Å². The van der Waals surface area contributed by atoms with Gasteiger partial charge < -0.3 is 14.2 Å². The van der Waals surface area contributed by atoms with Gasteiger partial charge in [-0.3, -0.25) is 0 Å². The summed E-state index contributed by atoms with van der Waals surface area (Å²) in [5, 5.41) is 0. The maximum absolute atomic E-state index is 6.00. The Morgan fingerprint density at radius 2 is 1.61 bits per heavy atom. The van der Waals surface area contributed by atoms with Crippen molar-refractivity contribution >= 4 is 7.85 Å². The second kappa shape index (κ2) is 5.52. The van der Waals surface area contributed by atoms with Crippen LogP contribution >= 0.6 is 0 Å². The van der Waals surface area contributed by atoms with Gasteiger partial charge in [-0.1, -0.05) is 6.92 Å². The van der Waals surface area contributed by atoms with E-state index in [1.807, 2.05) is 41.5 Å². The predicted octanol–water partition coefficient (Wildman–Crippen LogP) is 2.51. The molecule has 0 aromatic carbocycles. The molecule has 104 valence electrons. The molecule has 3 nitrogen and oxygen atoms in total. The Morgan fingerprint density at radius 3 is 2.06 bits per heavy atom. The first-order valence-corrected chi connectivity index (χ1v) is 6.72. The van der Waals surface area contributed by atoms with Crippen LogP contribution in [0, 0.1) is 5.92 Å². The quantitative estimate of drug-likeness (QED) is 0.724. The molecule has 1 aliphatic heterocycles. The van der Waals surface area contributed by atoms with Crippen LogP contribution < -0.4 is 0 Å². The zero-order chi connectivity index (χ0) is 14.1. The van der Waals surface area contributed by atoms with E-state index >= 15 is 0 Å².